The van der Waals surface area contributed by atoms with Crippen molar-refractivity contribution in [1.29, 1.82) is 0 Å². The molecular formula is C15H21N3O2S. The van der Waals surface area contributed by atoms with Gasteiger partial charge in [-0.25, -0.2) is 13.4 Å². The number of hydrogen-bond donors (Lipinski definition) is 0. The molecule has 0 unspecified atom stereocenters. The zero-order valence-corrected chi connectivity index (χ0v) is 13.5. The maximum Gasteiger partial charge on any atom is 0.175 e. The van der Waals surface area contributed by atoms with Crippen LogP contribution in [0.1, 0.15) is 12.2 Å². The average Bonchev–Trinajstić information content (AvgIpc) is 2.83. The maximum absolute atomic E-state index is 11.4. The van der Waals surface area contributed by atoms with Gasteiger partial charge in [0, 0.05) is 44.5 Å². The van der Waals surface area contributed by atoms with Gasteiger partial charge in [-0.1, -0.05) is 0 Å². The van der Waals surface area contributed by atoms with Crippen molar-refractivity contribution < 1.29 is 8.42 Å². The third-order valence-corrected chi connectivity index (χ3v) is 4.65. The summed E-state index contributed by atoms with van der Waals surface area (Å²) in [7, 11) is -1.12. The summed E-state index contributed by atoms with van der Waals surface area (Å²) in [5.74, 6) is 1.02. The number of benzene rings is 1. The van der Waals surface area contributed by atoms with Crippen LogP contribution in [0.4, 0.5) is 5.69 Å². The molecule has 114 valence electrons. The predicted molar refractivity (Wildman–Crippen MR) is 84.4 cm³/mol. The van der Waals surface area contributed by atoms with E-state index in [1.54, 1.807) is 12.1 Å². The maximum atomic E-state index is 11.4. The highest BCUT2D eigenvalue weighted by Crippen LogP contribution is 2.17. The first kappa shape index (κ1) is 15.6. The van der Waals surface area contributed by atoms with Crippen LogP contribution in [0.2, 0.25) is 0 Å². The lowest BCUT2D eigenvalue weighted by atomic mass is 10.3. The monoisotopic (exact) mass is 307 g/mol. The fourth-order valence-corrected chi connectivity index (χ4v) is 2.83. The number of sulfone groups is 1. The van der Waals surface area contributed by atoms with Crippen LogP contribution in [0, 0.1) is 6.92 Å². The number of hydrogen-bond acceptors (Lipinski definition) is 4. The van der Waals surface area contributed by atoms with Crippen molar-refractivity contribution in [1.82, 2.24) is 9.55 Å². The Labute approximate surface area is 126 Å². The second-order valence-electron chi connectivity index (χ2n) is 5.21. The van der Waals surface area contributed by atoms with Gasteiger partial charge in [0.1, 0.15) is 5.82 Å². The van der Waals surface area contributed by atoms with Crippen LogP contribution in [0.5, 0.6) is 0 Å². The molecule has 6 heteroatoms. The van der Waals surface area contributed by atoms with Gasteiger partial charge in [-0.15, -0.1) is 0 Å². The van der Waals surface area contributed by atoms with E-state index in [0.29, 0.717) is 4.90 Å². The normalized spacial score (nSPS) is 11.6. The van der Waals surface area contributed by atoms with Gasteiger partial charge in [-0.3, -0.25) is 0 Å². The number of nitrogens with zero attached hydrogens (tertiary/aromatic N) is 3. The first-order valence-electron chi connectivity index (χ1n) is 6.87. The van der Waals surface area contributed by atoms with E-state index in [1.807, 2.05) is 38.5 Å². The third kappa shape index (κ3) is 4.07. The first-order chi connectivity index (χ1) is 9.88. The summed E-state index contributed by atoms with van der Waals surface area (Å²) in [6, 6.07) is 7.00. The van der Waals surface area contributed by atoms with Gasteiger partial charge >= 0.3 is 0 Å². The molecule has 1 heterocycles. The molecule has 0 aliphatic carbocycles. The summed E-state index contributed by atoms with van der Waals surface area (Å²) < 4.78 is 25.0. The van der Waals surface area contributed by atoms with Crippen LogP contribution in [0.15, 0.2) is 41.6 Å². The Kier molecular flexibility index (Phi) is 4.67. The Hall–Kier alpha value is -1.82. The number of imidazole rings is 1. The van der Waals surface area contributed by atoms with Gasteiger partial charge in [0.2, 0.25) is 0 Å². The van der Waals surface area contributed by atoms with Crippen LogP contribution in [0.3, 0.4) is 0 Å². The number of aryl methyl sites for hydroxylation is 2. The van der Waals surface area contributed by atoms with Crippen LogP contribution in [0.25, 0.3) is 0 Å². The first-order valence-corrected chi connectivity index (χ1v) is 8.76. The van der Waals surface area contributed by atoms with Crippen molar-refractivity contribution in [2.24, 2.45) is 0 Å². The van der Waals surface area contributed by atoms with Crippen molar-refractivity contribution in [3.63, 3.8) is 0 Å². The predicted octanol–water partition coefficient (Wildman–Crippen LogP) is 2.12. The van der Waals surface area contributed by atoms with Gasteiger partial charge in [0.15, 0.2) is 9.84 Å². The van der Waals surface area contributed by atoms with E-state index < -0.39 is 9.84 Å². The summed E-state index contributed by atoms with van der Waals surface area (Å²) >= 11 is 0. The van der Waals surface area contributed by atoms with E-state index in [1.165, 1.54) is 6.26 Å². The standard InChI is InChI=1S/C15H21N3O2S/c1-13-16-9-12-18(13)11-4-10-17(2)14-5-7-15(8-6-14)21(3,19)20/h5-9,12H,4,10-11H2,1-3H3. The Balaban J connectivity index is 1.91. The summed E-state index contributed by atoms with van der Waals surface area (Å²) in [6.07, 6.45) is 6.01. The minimum atomic E-state index is -3.13. The van der Waals surface area contributed by atoms with E-state index in [-0.39, 0.29) is 0 Å². The largest absolute Gasteiger partial charge is 0.375 e. The molecule has 0 fully saturated rings. The number of anilines is 1. The van der Waals surface area contributed by atoms with Gasteiger partial charge in [-0.2, -0.15) is 0 Å². The van der Waals surface area contributed by atoms with Crippen LogP contribution in [-0.2, 0) is 16.4 Å². The van der Waals surface area contributed by atoms with Gasteiger partial charge in [0.05, 0.1) is 4.90 Å². The van der Waals surface area contributed by atoms with Gasteiger partial charge < -0.3 is 9.47 Å². The number of rotatable bonds is 6. The van der Waals surface area contributed by atoms with Crippen LogP contribution in [-0.4, -0.2) is 37.8 Å². The molecule has 0 aliphatic rings. The molecule has 2 rings (SSSR count). The lowest BCUT2D eigenvalue weighted by Crippen LogP contribution is -2.20. The molecule has 0 saturated heterocycles. The fourth-order valence-electron chi connectivity index (χ4n) is 2.20. The SMILES string of the molecule is Cc1nccn1CCCN(C)c1ccc(S(C)(=O)=O)cc1. The highest BCUT2D eigenvalue weighted by Gasteiger charge is 2.07. The summed E-state index contributed by atoms with van der Waals surface area (Å²) in [6.45, 7) is 3.82. The average molecular weight is 307 g/mol. The molecule has 1 aromatic heterocycles. The highest BCUT2D eigenvalue weighted by atomic mass is 32.2. The van der Waals surface area contributed by atoms with E-state index >= 15 is 0 Å². The molecule has 0 spiro atoms. The Morgan fingerprint density at radius 1 is 1.24 bits per heavy atom. The lowest BCUT2D eigenvalue weighted by Gasteiger charge is -2.19. The Morgan fingerprint density at radius 3 is 2.43 bits per heavy atom. The molecule has 2 aromatic rings. The number of aromatic nitrogens is 2. The molecule has 1 aromatic carbocycles. The smallest absolute Gasteiger partial charge is 0.175 e. The van der Waals surface area contributed by atoms with Crippen LogP contribution >= 0.6 is 0 Å². The van der Waals surface area contributed by atoms with Gasteiger partial charge in [-0.05, 0) is 37.6 Å². The molecule has 21 heavy (non-hydrogen) atoms. The Bertz CT molecular complexity index is 690. The molecule has 0 N–H and O–H groups in total. The van der Waals surface area contributed by atoms with Crippen molar-refractivity contribution in [2.45, 2.75) is 24.8 Å². The molecule has 0 aliphatic heterocycles. The van der Waals surface area contributed by atoms with Crippen molar-refractivity contribution in [3.05, 3.63) is 42.5 Å². The molecular weight excluding hydrogens is 286 g/mol. The van der Waals surface area contributed by atoms with E-state index in [0.717, 1.165) is 31.0 Å². The van der Waals surface area contributed by atoms with Crippen molar-refractivity contribution in [3.8, 4) is 0 Å². The van der Waals surface area contributed by atoms with Crippen molar-refractivity contribution >= 4 is 15.5 Å². The molecule has 0 radical (unpaired) electrons. The lowest BCUT2D eigenvalue weighted by molar-refractivity contribution is 0.602. The second kappa shape index (κ2) is 6.30. The second-order valence-corrected chi connectivity index (χ2v) is 7.22. The topological polar surface area (TPSA) is 55.2 Å². The Morgan fingerprint density at radius 2 is 1.90 bits per heavy atom. The van der Waals surface area contributed by atoms with Gasteiger partial charge in [0.25, 0.3) is 0 Å². The zero-order valence-electron chi connectivity index (χ0n) is 12.7. The van der Waals surface area contributed by atoms with E-state index in [9.17, 15) is 8.42 Å². The highest BCUT2D eigenvalue weighted by molar-refractivity contribution is 7.90. The van der Waals surface area contributed by atoms with Crippen molar-refractivity contribution in [2.75, 3.05) is 24.7 Å². The zero-order chi connectivity index (χ0) is 15.5. The van der Waals surface area contributed by atoms with E-state index in [4.69, 9.17) is 0 Å². The van der Waals surface area contributed by atoms with E-state index in [2.05, 4.69) is 14.5 Å². The summed E-state index contributed by atoms with van der Waals surface area (Å²) in [5, 5.41) is 0. The minimum Gasteiger partial charge on any atom is -0.375 e. The molecule has 5 nitrogen and oxygen atoms in total. The molecule has 0 saturated carbocycles. The summed E-state index contributed by atoms with van der Waals surface area (Å²) in [4.78, 5) is 6.68. The summed E-state index contributed by atoms with van der Waals surface area (Å²) in [5.41, 5.74) is 1.02. The molecule has 0 atom stereocenters. The third-order valence-electron chi connectivity index (χ3n) is 3.52. The minimum absolute atomic E-state index is 0.355. The quantitative estimate of drug-likeness (QED) is 0.820. The molecule has 0 bridgehead atoms. The molecule has 0 amide bonds. The fraction of sp³-hybridized carbons (Fsp3) is 0.400. The van der Waals surface area contributed by atoms with Crippen LogP contribution < -0.4 is 4.90 Å².